The number of anilines is 2. The van der Waals surface area contributed by atoms with Gasteiger partial charge >= 0.3 is 24.0 Å². The van der Waals surface area contributed by atoms with Gasteiger partial charge in [-0.3, -0.25) is 14.4 Å². The Morgan fingerprint density at radius 3 is 2.30 bits per heavy atom. The highest BCUT2D eigenvalue weighted by molar-refractivity contribution is 5.95. The number of fused-ring (bicyclic) bond motifs is 2. The van der Waals surface area contributed by atoms with Crippen LogP contribution in [0.3, 0.4) is 0 Å². The average Bonchev–Trinajstić information content (AvgIpc) is 4.12. The molecule has 0 spiro atoms. The molecular formula is C48H72N8O10. The summed E-state index contributed by atoms with van der Waals surface area (Å²) in [4.78, 5) is 61.3. The molecule has 3 atom stereocenters. The zero-order chi connectivity index (χ0) is 48.4. The summed E-state index contributed by atoms with van der Waals surface area (Å²) in [6.45, 7) is 21.6. The molecule has 1 aromatic heterocycles. The van der Waals surface area contributed by atoms with E-state index < -0.39 is 5.60 Å². The molecule has 3 aromatic rings. The Hall–Kier alpha value is -5.72. The minimum Gasteiger partial charge on any atom is -0.508 e. The smallest absolute Gasteiger partial charge is 0.410 e. The number of likely N-dealkylation sites (tertiary alicyclic amines) is 2. The molecular weight excluding hydrogens is 849 g/mol. The van der Waals surface area contributed by atoms with Gasteiger partial charge in [0.15, 0.2) is 0 Å². The van der Waals surface area contributed by atoms with E-state index in [2.05, 4.69) is 42.2 Å². The van der Waals surface area contributed by atoms with Crippen molar-refractivity contribution >= 4 is 46.2 Å². The minimum absolute atomic E-state index is 0.0139. The monoisotopic (exact) mass is 921 g/mol. The zero-order valence-electron chi connectivity index (χ0n) is 39.9. The molecule has 3 saturated heterocycles. The predicted molar refractivity (Wildman–Crippen MR) is 253 cm³/mol. The number of rotatable bonds is 11. The lowest BCUT2D eigenvalue weighted by atomic mass is 10.0. The Morgan fingerprint density at radius 2 is 1.68 bits per heavy atom. The van der Waals surface area contributed by atoms with Crippen LogP contribution in [0, 0.1) is 17.8 Å². The number of nitrogens with zero attached hydrogens (tertiary/aromatic N) is 6. The van der Waals surface area contributed by atoms with Crippen molar-refractivity contribution in [2.45, 2.75) is 72.4 Å². The number of β-amino-alcohol motifs (C(OH)–C–C–N with tert-alkyl or cyclic N) is 1. The number of aromatic nitrogens is 2. The highest BCUT2D eigenvalue weighted by Gasteiger charge is 2.34. The predicted octanol–water partition coefficient (Wildman–Crippen LogP) is 4.40. The molecule has 5 N–H and O–H groups in total. The number of nitrogen functional groups attached to an aromatic ring is 1. The minimum atomic E-state index is -0.500. The number of hydrogen-bond acceptors (Lipinski definition) is 16. The third-order valence-corrected chi connectivity index (χ3v) is 11.7. The molecule has 18 nitrogen and oxygen atoms in total. The lowest BCUT2D eigenvalue weighted by Gasteiger charge is -2.31. The highest BCUT2D eigenvalue weighted by Crippen LogP contribution is 2.35. The first-order chi connectivity index (χ1) is 31.5. The molecule has 0 radical (unpaired) electrons. The molecule has 0 aliphatic carbocycles. The van der Waals surface area contributed by atoms with E-state index in [0.717, 1.165) is 92.8 Å². The summed E-state index contributed by atoms with van der Waals surface area (Å²) in [6, 6.07) is 12.0. The van der Waals surface area contributed by atoms with Gasteiger partial charge in [-0.05, 0) is 90.9 Å². The second-order valence-electron chi connectivity index (χ2n) is 17.5. The number of methoxy groups -OCH3 is 2. The first-order valence-electron chi connectivity index (χ1n) is 22.9. The summed E-state index contributed by atoms with van der Waals surface area (Å²) in [5.74, 6) is 0.706. The number of amides is 2. The number of nitrogens with one attached hydrogen (secondary N) is 1. The number of benzene rings is 2. The number of aliphatic hydroxyl groups is 1. The Morgan fingerprint density at radius 1 is 0.970 bits per heavy atom. The fourth-order valence-corrected chi connectivity index (χ4v) is 8.13. The van der Waals surface area contributed by atoms with Crippen molar-refractivity contribution in [1.29, 1.82) is 0 Å². The van der Waals surface area contributed by atoms with Crippen LogP contribution in [0.5, 0.6) is 11.8 Å². The van der Waals surface area contributed by atoms with E-state index >= 15 is 0 Å². The second kappa shape index (κ2) is 25.8. The Kier molecular flexibility index (Phi) is 20.7. The van der Waals surface area contributed by atoms with Crippen molar-refractivity contribution in [3.8, 4) is 11.8 Å². The second-order valence-corrected chi connectivity index (χ2v) is 17.5. The molecule has 3 unspecified atom stereocenters. The first kappa shape index (κ1) is 52.9. The summed E-state index contributed by atoms with van der Waals surface area (Å²) in [7, 11) is 2.79. The lowest BCUT2D eigenvalue weighted by Crippen LogP contribution is -2.36. The van der Waals surface area contributed by atoms with Crippen LogP contribution in [0.4, 0.5) is 16.3 Å². The quantitative estimate of drug-likeness (QED) is 0.119. The van der Waals surface area contributed by atoms with E-state index in [1.54, 1.807) is 15.9 Å². The van der Waals surface area contributed by atoms with Crippen molar-refractivity contribution in [1.82, 2.24) is 30.0 Å². The van der Waals surface area contributed by atoms with Gasteiger partial charge in [0.2, 0.25) is 5.91 Å². The lowest BCUT2D eigenvalue weighted by molar-refractivity contribution is -0.145. The molecule has 3 fully saturated rings. The molecule has 0 bridgehead atoms. The van der Waals surface area contributed by atoms with Gasteiger partial charge in [0.1, 0.15) is 17.2 Å². The van der Waals surface area contributed by atoms with Gasteiger partial charge in [-0.2, -0.15) is 9.97 Å². The number of hydrogen-bond donors (Lipinski definition) is 4. The van der Waals surface area contributed by atoms with Crippen LogP contribution in [0.15, 0.2) is 49.1 Å². The third-order valence-electron chi connectivity index (χ3n) is 11.7. The van der Waals surface area contributed by atoms with Gasteiger partial charge in [-0.15, -0.1) is 0 Å². The number of likely N-dealkylation sites (N-methyl/N-ethyl adjacent to an activating group) is 1. The molecule has 7 rings (SSSR count). The maximum absolute atomic E-state index is 11.7. The SMILES string of the molecule is C=CC(=O)N(CC)CC.COC(=O)C1CCN(C(=O)OC(C)(C)C)C1.COC(=O)C1CCNC1.Nc1nc(OCC2CCN(CCO)C2)nc2c1CCN(c1cc(O)cc3ccccc13)C2. The van der Waals surface area contributed by atoms with E-state index in [-0.39, 0.29) is 48.1 Å². The normalized spacial score (nSPS) is 18.9. The van der Waals surface area contributed by atoms with Gasteiger partial charge in [0, 0.05) is 81.0 Å². The molecule has 18 heteroatoms. The van der Waals surface area contributed by atoms with Crippen molar-refractivity contribution in [3.05, 3.63) is 60.3 Å². The highest BCUT2D eigenvalue weighted by atomic mass is 16.6. The number of phenolic OH excluding ortho intramolecular Hbond substituents is 1. The molecule has 364 valence electrons. The molecule has 4 aliphatic heterocycles. The van der Waals surface area contributed by atoms with E-state index in [1.165, 1.54) is 20.3 Å². The summed E-state index contributed by atoms with van der Waals surface area (Å²) < 4.78 is 20.4. The van der Waals surface area contributed by atoms with Gasteiger partial charge in [-0.25, -0.2) is 4.79 Å². The number of esters is 2. The van der Waals surface area contributed by atoms with Crippen molar-refractivity contribution in [2.24, 2.45) is 17.8 Å². The molecule has 4 aliphatic rings. The number of aromatic hydroxyl groups is 1. The van der Waals surface area contributed by atoms with E-state index in [0.29, 0.717) is 57.0 Å². The van der Waals surface area contributed by atoms with Crippen molar-refractivity contribution in [2.75, 3.05) is 104 Å². The summed E-state index contributed by atoms with van der Waals surface area (Å²) in [6.07, 6.45) is 4.33. The van der Waals surface area contributed by atoms with Crippen molar-refractivity contribution < 1.29 is 48.3 Å². The topological polar surface area (TPSA) is 222 Å². The van der Waals surface area contributed by atoms with Gasteiger partial charge < -0.3 is 59.8 Å². The standard InChI is InChI=1S/C24H29N5O3.C11H19NO4.C7H13NO.C6H11NO2/c25-23-20-6-8-29(22-12-18(31)11-17-3-1-2-4-19(17)22)14-21(20)26-24(27-23)32-15-16-5-7-28(13-16)9-10-30;1-11(2,3)16-10(14)12-6-5-8(7-12)9(13)15-4;1-4-7(9)8(5-2)6-3;1-9-6(8)5-2-3-7-4-5/h1-4,11-12,16,30-31H,5-10,13-15H2,(H2,25,26,27);8H,5-7H2,1-4H3;4H,1,5-6H2,2-3H3;5,7H,2-4H2,1H3. The van der Waals surface area contributed by atoms with Crippen LogP contribution in [-0.2, 0) is 41.6 Å². The molecule has 2 amide bonds. The molecule has 0 saturated carbocycles. The third kappa shape index (κ3) is 15.7. The van der Waals surface area contributed by atoms with Crippen molar-refractivity contribution in [3.63, 3.8) is 0 Å². The van der Waals surface area contributed by atoms with E-state index in [9.17, 15) is 24.3 Å². The molecule has 2 aromatic carbocycles. The number of carbonyl (C=O) groups is 4. The van der Waals surface area contributed by atoms with Gasteiger partial charge in [0.25, 0.3) is 0 Å². The van der Waals surface area contributed by atoms with Gasteiger partial charge in [0.05, 0.1) is 51.5 Å². The number of aliphatic hydroxyl groups excluding tert-OH is 1. The van der Waals surface area contributed by atoms with Crippen LogP contribution < -0.4 is 20.7 Å². The van der Waals surface area contributed by atoms with E-state index in [4.69, 9.17) is 25.3 Å². The maximum atomic E-state index is 11.7. The van der Waals surface area contributed by atoms with Crippen LogP contribution >= 0.6 is 0 Å². The molecule has 66 heavy (non-hydrogen) atoms. The number of phenols is 1. The zero-order valence-corrected chi connectivity index (χ0v) is 39.9. The van der Waals surface area contributed by atoms with Crippen LogP contribution in [0.25, 0.3) is 10.8 Å². The Balaban J connectivity index is 0.000000231. The average molecular weight is 921 g/mol. The van der Waals surface area contributed by atoms with Crippen LogP contribution in [0.1, 0.15) is 65.1 Å². The molecule has 5 heterocycles. The fraction of sp³-hybridized carbons (Fsp3) is 0.583. The summed E-state index contributed by atoms with van der Waals surface area (Å²) in [5.41, 5.74) is 8.60. The largest absolute Gasteiger partial charge is 0.508 e. The maximum Gasteiger partial charge on any atom is 0.410 e. The van der Waals surface area contributed by atoms with Crippen LogP contribution in [0.2, 0.25) is 0 Å². The van der Waals surface area contributed by atoms with Gasteiger partial charge in [-0.1, -0.05) is 30.8 Å². The Bertz CT molecular complexity index is 2070. The summed E-state index contributed by atoms with van der Waals surface area (Å²) in [5, 5.41) is 24.5. The number of carbonyl (C=O) groups excluding carboxylic acids is 4. The van der Waals surface area contributed by atoms with Crippen LogP contribution in [-0.4, -0.2) is 157 Å². The number of ether oxygens (including phenoxy) is 4. The first-order valence-corrected chi connectivity index (χ1v) is 22.9. The Labute approximate surface area is 389 Å². The fourth-order valence-electron chi connectivity index (χ4n) is 8.13. The van der Waals surface area contributed by atoms with E-state index in [1.807, 2.05) is 58.9 Å². The number of nitrogens with two attached hydrogens (primary N) is 1. The summed E-state index contributed by atoms with van der Waals surface area (Å²) >= 11 is 0.